The van der Waals surface area contributed by atoms with Crippen molar-refractivity contribution in [2.45, 2.75) is 70.4 Å². The van der Waals surface area contributed by atoms with Crippen LogP contribution in [0, 0.1) is 0 Å². The van der Waals surface area contributed by atoms with Gasteiger partial charge in [0.05, 0.1) is 18.1 Å². The number of piperazine rings is 1. The Morgan fingerprint density at radius 3 is 2.50 bits per heavy atom. The molecule has 7 nitrogen and oxygen atoms in total. The summed E-state index contributed by atoms with van der Waals surface area (Å²) in [4.78, 5) is 28.9. The predicted octanol–water partition coefficient (Wildman–Crippen LogP) is 3.16. The lowest BCUT2D eigenvalue weighted by atomic mass is 10.0. The zero-order valence-corrected chi connectivity index (χ0v) is 16.8. The number of carbonyl (C=O) groups is 2. The Bertz CT molecular complexity index is 688. The zero-order valence-electron chi connectivity index (χ0n) is 16.8. The smallest absolute Gasteiger partial charge is 0.410 e. The first kappa shape index (κ1) is 20.5. The van der Waals surface area contributed by atoms with Crippen molar-refractivity contribution in [3.8, 4) is 0 Å². The summed E-state index contributed by atoms with van der Waals surface area (Å²) in [6, 6.07) is 9.00. The number of hydrogen-bond donors (Lipinski definition) is 1. The Balaban J connectivity index is 1.70. The first-order valence-corrected chi connectivity index (χ1v) is 9.89. The summed E-state index contributed by atoms with van der Waals surface area (Å²) in [6.07, 6.45) is 1.26. The Kier molecular flexibility index (Phi) is 6.13. The minimum atomic E-state index is -0.575. The van der Waals surface area contributed by atoms with Gasteiger partial charge in [-0.15, -0.1) is 0 Å². The number of rotatable bonds is 4. The van der Waals surface area contributed by atoms with Gasteiger partial charge in [0, 0.05) is 13.2 Å². The number of hydrogen-bond acceptors (Lipinski definition) is 5. The number of amides is 2. The highest BCUT2D eigenvalue weighted by Gasteiger charge is 2.51. The van der Waals surface area contributed by atoms with Gasteiger partial charge in [-0.1, -0.05) is 30.3 Å². The van der Waals surface area contributed by atoms with Crippen LogP contribution in [-0.2, 0) is 16.1 Å². The van der Waals surface area contributed by atoms with Gasteiger partial charge in [-0.3, -0.25) is 4.90 Å². The largest absolute Gasteiger partial charge is 0.445 e. The van der Waals surface area contributed by atoms with E-state index in [9.17, 15) is 14.7 Å². The van der Waals surface area contributed by atoms with E-state index in [4.69, 9.17) is 9.47 Å². The van der Waals surface area contributed by atoms with Crippen LogP contribution < -0.4 is 0 Å². The molecule has 2 aliphatic rings. The summed E-state index contributed by atoms with van der Waals surface area (Å²) in [5, 5.41) is 9.55. The first-order valence-electron chi connectivity index (χ1n) is 9.89. The molecule has 1 N–H and O–H groups in total. The first-order chi connectivity index (χ1) is 13.3. The molecule has 2 amide bonds. The van der Waals surface area contributed by atoms with Crippen LogP contribution in [0.5, 0.6) is 0 Å². The molecule has 2 fully saturated rings. The van der Waals surface area contributed by atoms with Crippen molar-refractivity contribution >= 4 is 12.2 Å². The van der Waals surface area contributed by atoms with Gasteiger partial charge in [-0.25, -0.2) is 9.59 Å². The second-order valence-corrected chi connectivity index (χ2v) is 8.46. The summed E-state index contributed by atoms with van der Waals surface area (Å²) < 4.78 is 11.1. The lowest BCUT2D eigenvalue weighted by Crippen LogP contribution is -2.63. The Morgan fingerprint density at radius 1 is 1.14 bits per heavy atom. The number of ether oxygens (including phenoxy) is 2. The minimum Gasteiger partial charge on any atom is -0.445 e. The van der Waals surface area contributed by atoms with E-state index >= 15 is 0 Å². The number of likely N-dealkylation sites (tertiary alicyclic amines) is 1. The van der Waals surface area contributed by atoms with Crippen LogP contribution in [0.1, 0.15) is 45.6 Å². The molecule has 154 valence electrons. The average molecular weight is 390 g/mol. The number of nitrogens with zero attached hydrogens (tertiary/aromatic N) is 2. The van der Waals surface area contributed by atoms with Crippen molar-refractivity contribution in [3.05, 3.63) is 35.9 Å². The standard InChI is InChI=1S/C21H30N2O5/c1-21(2,3)28-20(26)23-16-9-10-18(23)17(11-12-24)22(13-16)19(25)27-14-15-7-5-4-6-8-15/h4-8,16-18,24H,9-14H2,1-3H3/t16-,17?,18+/m1/s1. The molecule has 2 saturated heterocycles. The molecule has 7 heteroatoms. The van der Waals surface area contributed by atoms with Gasteiger partial charge in [0.2, 0.25) is 0 Å². The molecule has 1 aromatic rings. The number of fused-ring (bicyclic) bond motifs is 2. The van der Waals surface area contributed by atoms with Gasteiger partial charge >= 0.3 is 12.2 Å². The van der Waals surface area contributed by atoms with E-state index in [-0.39, 0.29) is 37.4 Å². The van der Waals surface area contributed by atoms with Gasteiger partial charge < -0.3 is 19.5 Å². The number of benzene rings is 1. The Labute approximate surface area is 166 Å². The van der Waals surface area contributed by atoms with Crippen LogP contribution in [0.3, 0.4) is 0 Å². The van der Waals surface area contributed by atoms with E-state index in [0.29, 0.717) is 13.0 Å². The molecule has 0 aromatic heterocycles. The second kappa shape index (κ2) is 8.39. The SMILES string of the molecule is CC(C)(C)OC(=O)N1[C@@H]2CC[C@H]1C(CCO)N(C(=O)OCc1ccccc1)C2. The van der Waals surface area contributed by atoms with Crippen molar-refractivity contribution in [3.63, 3.8) is 0 Å². The van der Waals surface area contributed by atoms with Crippen molar-refractivity contribution in [2.24, 2.45) is 0 Å². The van der Waals surface area contributed by atoms with E-state index in [0.717, 1.165) is 18.4 Å². The molecule has 0 radical (unpaired) electrons. The van der Waals surface area contributed by atoms with Crippen LogP contribution in [0.2, 0.25) is 0 Å². The van der Waals surface area contributed by atoms with E-state index in [1.807, 2.05) is 51.1 Å². The quantitative estimate of drug-likeness (QED) is 0.854. The summed E-state index contributed by atoms with van der Waals surface area (Å²) in [6.45, 7) is 6.07. The molecule has 1 unspecified atom stereocenters. The lowest BCUT2D eigenvalue weighted by molar-refractivity contribution is -0.0267. The van der Waals surface area contributed by atoms with Crippen LogP contribution in [0.25, 0.3) is 0 Å². The van der Waals surface area contributed by atoms with Crippen molar-refractivity contribution in [1.82, 2.24) is 9.80 Å². The van der Waals surface area contributed by atoms with E-state index in [1.165, 1.54) is 0 Å². The minimum absolute atomic E-state index is 0.0591. The van der Waals surface area contributed by atoms with Crippen LogP contribution in [0.4, 0.5) is 9.59 Å². The predicted molar refractivity (Wildman–Crippen MR) is 104 cm³/mol. The summed E-state index contributed by atoms with van der Waals surface area (Å²) >= 11 is 0. The van der Waals surface area contributed by atoms with Crippen LogP contribution >= 0.6 is 0 Å². The molecule has 28 heavy (non-hydrogen) atoms. The summed E-state index contributed by atoms with van der Waals surface area (Å²) in [5.74, 6) is 0. The fraction of sp³-hybridized carbons (Fsp3) is 0.619. The zero-order chi connectivity index (χ0) is 20.3. The molecular weight excluding hydrogens is 360 g/mol. The van der Waals surface area contributed by atoms with Gasteiger partial charge in [-0.2, -0.15) is 0 Å². The fourth-order valence-electron chi connectivity index (χ4n) is 4.13. The maximum Gasteiger partial charge on any atom is 0.410 e. The molecule has 2 aliphatic heterocycles. The van der Waals surface area contributed by atoms with E-state index < -0.39 is 11.7 Å². The number of aliphatic hydroxyl groups is 1. The maximum atomic E-state index is 12.8. The molecule has 1 aromatic carbocycles. The highest BCUT2D eigenvalue weighted by molar-refractivity contribution is 5.72. The van der Waals surface area contributed by atoms with Crippen molar-refractivity contribution in [2.75, 3.05) is 13.2 Å². The highest BCUT2D eigenvalue weighted by atomic mass is 16.6. The van der Waals surface area contributed by atoms with Crippen molar-refractivity contribution in [1.29, 1.82) is 0 Å². The molecule has 2 heterocycles. The summed E-state index contributed by atoms with van der Waals surface area (Å²) in [7, 11) is 0. The van der Waals surface area contributed by atoms with Gasteiger partial charge in [-0.05, 0) is 45.6 Å². The van der Waals surface area contributed by atoms with E-state index in [1.54, 1.807) is 9.80 Å². The maximum absolute atomic E-state index is 12.8. The highest BCUT2D eigenvalue weighted by Crippen LogP contribution is 2.37. The average Bonchev–Trinajstić information content (AvgIpc) is 2.97. The number of carbonyl (C=O) groups excluding carboxylic acids is 2. The third-order valence-corrected chi connectivity index (χ3v) is 5.27. The number of aliphatic hydroxyl groups excluding tert-OH is 1. The Hall–Kier alpha value is -2.28. The summed E-state index contributed by atoms with van der Waals surface area (Å²) in [5.41, 5.74) is 0.347. The molecular formula is C21H30N2O5. The fourth-order valence-corrected chi connectivity index (χ4v) is 4.13. The van der Waals surface area contributed by atoms with E-state index in [2.05, 4.69) is 0 Å². The molecule has 0 spiro atoms. The molecule has 3 atom stereocenters. The van der Waals surface area contributed by atoms with Crippen LogP contribution in [-0.4, -0.2) is 64.0 Å². The molecule has 2 bridgehead atoms. The van der Waals surface area contributed by atoms with Crippen LogP contribution in [0.15, 0.2) is 30.3 Å². The van der Waals surface area contributed by atoms with Crippen molar-refractivity contribution < 1.29 is 24.2 Å². The lowest BCUT2D eigenvalue weighted by Gasteiger charge is -2.46. The molecule has 0 aliphatic carbocycles. The molecule has 0 saturated carbocycles. The van der Waals surface area contributed by atoms with Gasteiger partial charge in [0.15, 0.2) is 0 Å². The Morgan fingerprint density at radius 2 is 1.86 bits per heavy atom. The normalized spacial score (nSPS) is 24.2. The third-order valence-electron chi connectivity index (χ3n) is 5.27. The van der Waals surface area contributed by atoms with Gasteiger partial charge in [0.25, 0.3) is 0 Å². The van der Waals surface area contributed by atoms with Gasteiger partial charge in [0.1, 0.15) is 12.2 Å². The topological polar surface area (TPSA) is 79.3 Å². The third kappa shape index (κ3) is 4.58. The second-order valence-electron chi connectivity index (χ2n) is 8.46. The molecule has 3 rings (SSSR count). The monoisotopic (exact) mass is 390 g/mol.